The molecule has 1 amide bonds. The van der Waals surface area contributed by atoms with Gasteiger partial charge in [-0.1, -0.05) is 24.3 Å². The lowest BCUT2D eigenvalue weighted by atomic mass is 9.99. The number of pyridine rings is 1. The van der Waals surface area contributed by atoms with Crippen molar-refractivity contribution in [1.29, 1.82) is 0 Å². The summed E-state index contributed by atoms with van der Waals surface area (Å²) in [6.45, 7) is 3.29. The average molecular weight is 379 g/mol. The standard InChI is InChI=1S/C21H21N3O2S/c25-21(24-9-6-15-3-1-2-4-16(15)13-24)18-14-23(10-11-26-18)20-17-7-12-27-19(17)5-8-22-20/h1-5,7-8,12,18H,6,9-11,13-14H2. The highest BCUT2D eigenvalue weighted by atomic mass is 32.1. The van der Waals surface area contributed by atoms with E-state index in [-0.39, 0.29) is 5.91 Å². The Bertz CT molecular complexity index is 986. The predicted octanol–water partition coefficient (Wildman–Crippen LogP) is 3.09. The topological polar surface area (TPSA) is 45.7 Å². The van der Waals surface area contributed by atoms with E-state index in [1.165, 1.54) is 15.8 Å². The maximum atomic E-state index is 13.1. The van der Waals surface area contributed by atoms with Gasteiger partial charge in [-0.2, -0.15) is 0 Å². The highest BCUT2D eigenvalue weighted by Crippen LogP contribution is 2.30. The minimum atomic E-state index is -0.431. The summed E-state index contributed by atoms with van der Waals surface area (Å²) in [4.78, 5) is 21.8. The summed E-state index contributed by atoms with van der Waals surface area (Å²) in [5.41, 5.74) is 2.59. The normalized spacial score (nSPS) is 19.9. The molecule has 0 bridgehead atoms. The van der Waals surface area contributed by atoms with Crippen LogP contribution in [-0.2, 0) is 22.5 Å². The Morgan fingerprint density at radius 2 is 2.04 bits per heavy atom. The first-order valence-electron chi connectivity index (χ1n) is 9.34. The third kappa shape index (κ3) is 3.09. The van der Waals surface area contributed by atoms with Crippen molar-refractivity contribution < 1.29 is 9.53 Å². The van der Waals surface area contributed by atoms with Gasteiger partial charge in [-0.05, 0) is 35.1 Å². The van der Waals surface area contributed by atoms with Crippen molar-refractivity contribution in [1.82, 2.24) is 9.88 Å². The van der Waals surface area contributed by atoms with Crippen molar-refractivity contribution in [2.24, 2.45) is 0 Å². The molecule has 138 valence electrons. The van der Waals surface area contributed by atoms with E-state index < -0.39 is 6.10 Å². The molecule has 3 aromatic rings. The molecule has 2 aromatic heterocycles. The maximum absolute atomic E-state index is 13.1. The van der Waals surface area contributed by atoms with Crippen LogP contribution < -0.4 is 4.90 Å². The Morgan fingerprint density at radius 3 is 2.96 bits per heavy atom. The van der Waals surface area contributed by atoms with Gasteiger partial charge in [0.15, 0.2) is 6.10 Å². The molecule has 1 atom stereocenters. The third-order valence-electron chi connectivity index (χ3n) is 5.44. The average Bonchev–Trinajstić information content (AvgIpc) is 3.22. The number of aromatic nitrogens is 1. The van der Waals surface area contributed by atoms with Gasteiger partial charge < -0.3 is 14.5 Å². The number of morpholine rings is 1. The molecule has 2 aliphatic heterocycles. The number of ether oxygens (including phenoxy) is 1. The second-order valence-corrected chi connectivity index (χ2v) is 8.00. The second kappa shape index (κ2) is 6.94. The van der Waals surface area contributed by atoms with E-state index in [2.05, 4.69) is 39.5 Å². The molecule has 0 spiro atoms. The first-order valence-corrected chi connectivity index (χ1v) is 10.2. The molecule has 5 nitrogen and oxygen atoms in total. The van der Waals surface area contributed by atoms with Gasteiger partial charge in [0.25, 0.3) is 5.91 Å². The smallest absolute Gasteiger partial charge is 0.253 e. The molecule has 0 N–H and O–H groups in total. The lowest BCUT2D eigenvalue weighted by molar-refractivity contribution is -0.145. The fraction of sp³-hybridized carbons (Fsp3) is 0.333. The van der Waals surface area contributed by atoms with Gasteiger partial charge in [0.1, 0.15) is 5.82 Å². The monoisotopic (exact) mass is 379 g/mol. The number of nitrogens with zero attached hydrogens (tertiary/aromatic N) is 3. The molecule has 0 saturated carbocycles. The van der Waals surface area contributed by atoms with Crippen molar-refractivity contribution in [2.45, 2.75) is 19.1 Å². The van der Waals surface area contributed by atoms with Gasteiger partial charge in [-0.15, -0.1) is 11.3 Å². The number of hydrogen-bond acceptors (Lipinski definition) is 5. The van der Waals surface area contributed by atoms with Gasteiger partial charge in [0.2, 0.25) is 0 Å². The molecule has 6 heteroatoms. The molecule has 5 rings (SSSR count). The van der Waals surface area contributed by atoms with Crippen LogP contribution in [0, 0.1) is 0 Å². The van der Waals surface area contributed by atoms with Crippen LogP contribution in [-0.4, -0.2) is 48.1 Å². The fourth-order valence-electron chi connectivity index (χ4n) is 4.01. The first-order chi connectivity index (χ1) is 13.3. The summed E-state index contributed by atoms with van der Waals surface area (Å²) in [6, 6.07) is 12.5. The number of hydrogen-bond donors (Lipinski definition) is 0. The number of anilines is 1. The van der Waals surface area contributed by atoms with Crippen molar-refractivity contribution in [3.8, 4) is 0 Å². The predicted molar refractivity (Wildman–Crippen MR) is 107 cm³/mol. The molecule has 27 heavy (non-hydrogen) atoms. The number of fused-ring (bicyclic) bond motifs is 2. The summed E-state index contributed by atoms with van der Waals surface area (Å²) in [5.74, 6) is 1.05. The third-order valence-corrected chi connectivity index (χ3v) is 6.32. The van der Waals surface area contributed by atoms with Crippen LogP contribution >= 0.6 is 11.3 Å². The lowest BCUT2D eigenvalue weighted by Gasteiger charge is -2.37. The number of amides is 1. The Kier molecular flexibility index (Phi) is 4.30. The van der Waals surface area contributed by atoms with E-state index in [0.717, 1.165) is 30.7 Å². The van der Waals surface area contributed by atoms with Gasteiger partial charge in [-0.25, -0.2) is 4.98 Å². The molecule has 4 heterocycles. The Morgan fingerprint density at radius 1 is 1.15 bits per heavy atom. The number of carbonyl (C=O) groups excluding carboxylic acids is 1. The van der Waals surface area contributed by atoms with Crippen LogP contribution in [0.5, 0.6) is 0 Å². The molecule has 1 aromatic carbocycles. The van der Waals surface area contributed by atoms with E-state index >= 15 is 0 Å². The van der Waals surface area contributed by atoms with E-state index in [4.69, 9.17) is 4.74 Å². The van der Waals surface area contributed by atoms with Gasteiger partial charge >= 0.3 is 0 Å². The SMILES string of the molecule is O=C(C1CN(c2nccc3sccc23)CCO1)N1CCc2ccccc2C1. The highest BCUT2D eigenvalue weighted by molar-refractivity contribution is 7.17. The molecular formula is C21H21N3O2S. The van der Waals surface area contributed by atoms with Crippen LogP contribution in [0.4, 0.5) is 5.82 Å². The summed E-state index contributed by atoms with van der Waals surface area (Å²) in [7, 11) is 0. The molecule has 1 unspecified atom stereocenters. The number of rotatable bonds is 2. The Hall–Kier alpha value is -2.44. The zero-order valence-electron chi connectivity index (χ0n) is 15.0. The van der Waals surface area contributed by atoms with E-state index in [1.54, 1.807) is 11.3 Å². The summed E-state index contributed by atoms with van der Waals surface area (Å²) < 4.78 is 7.09. The largest absolute Gasteiger partial charge is 0.365 e. The zero-order chi connectivity index (χ0) is 18.2. The van der Waals surface area contributed by atoms with Crippen LogP contribution in [0.15, 0.2) is 48.0 Å². The molecule has 2 aliphatic rings. The van der Waals surface area contributed by atoms with E-state index in [1.807, 2.05) is 23.2 Å². The lowest BCUT2D eigenvalue weighted by Crippen LogP contribution is -2.52. The summed E-state index contributed by atoms with van der Waals surface area (Å²) in [6.07, 6.45) is 2.33. The molecule has 0 aliphatic carbocycles. The van der Waals surface area contributed by atoms with Crippen LogP contribution in [0.3, 0.4) is 0 Å². The van der Waals surface area contributed by atoms with Crippen LogP contribution in [0.2, 0.25) is 0 Å². The van der Waals surface area contributed by atoms with Gasteiger partial charge in [-0.3, -0.25) is 4.79 Å². The van der Waals surface area contributed by atoms with Crippen molar-refractivity contribution in [3.63, 3.8) is 0 Å². The zero-order valence-corrected chi connectivity index (χ0v) is 15.8. The Balaban J connectivity index is 1.34. The number of carbonyl (C=O) groups is 1. The quantitative estimate of drug-likeness (QED) is 0.686. The minimum Gasteiger partial charge on any atom is -0.365 e. The summed E-state index contributed by atoms with van der Waals surface area (Å²) >= 11 is 1.72. The number of thiophene rings is 1. The Labute approximate surface area is 162 Å². The minimum absolute atomic E-state index is 0.0895. The summed E-state index contributed by atoms with van der Waals surface area (Å²) in [5, 5.41) is 3.24. The van der Waals surface area contributed by atoms with Crippen LogP contribution in [0.25, 0.3) is 10.1 Å². The van der Waals surface area contributed by atoms with Crippen molar-refractivity contribution in [2.75, 3.05) is 31.1 Å². The fourth-order valence-corrected chi connectivity index (χ4v) is 4.79. The van der Waals surface area contributed by atoms with Gasteiger partial charge in [0, 0.05) is 35.9 Å². The molecule has 1 fully saturated rings. The maximum Gasteiger partial charge on any atom is 0.253 e. The molecular weight excluding hydrogens is 358 g/mol. The van der Waals surface area contributed by atoms with E-state index in [0.29, 0.717) is 19.7 Å². The van der Waals surface area contributed by atoms with E-state index in [9.17, 15) is 4.79 Å². The molecule has 0 radical (unpaired) electrons. The molecule has 1 saturated heterocycles. The number of benzene rings is 1. The first kappa shape index (κ1) is 16.7. The van der Waals surface area contributed by atoms with Gasteiger partial charge in [0.05, 0.1) is 13.2 Å². The second-order valence-electron chi connectivity index (χ2n) is 7.05. The van der Waals surface area contributed by atoms with Crippen molar-refractivity contribution in [3.05, 3.63) is 59.1 Å². The van der Waals surface area contributed by atoms with Crippen LogP contribution in [0.1, 0.15) is 11.1 Å². The highest BCUT2D eigenvalue weighted by Gasteiger charge is 2.32. The van der Waals surface area contributed by atoms with Crippen molar-refractivity contribution >= 4 is 33.1 Å².